The predicted molar refractivity (Wildman–Crippen MR) is 126 cm³/mol. The Hall–Kier alpha value is -4.53. The molecule has 0 bridgehead atoms. The molecule has 2 heterocycles. The Kier molecular flexibility index (Phi) is 6.35. The van der Waals surface area contributed by atoms with Gasteiger partial charge in [-0.3, -0.25) is 19.1 Å². The van der Waals surface area contributed by atoms with Crippen LogP contribution in [0.3, 0.4) is 0 Å². The predicted octanol–water partition coefficient (Wildman–Crippen LogP) is 2.41. The third-order valence-corrected chi connectivity index (χ3v) is 5.60. The van der Waals surface area contributed by atoms with Crippen LogP contribution >= 0.6 is 0 Å². The van der Waals surface area contributed by atoms with Crippen LogP contribution in [0, 0.1) is 0 Å². The van der Waals surface area contributed by atoms with Gasteiger partial charge in [0, 0.05) is 24.5 Å². The van der Waals surface area contributed by atoms with E-state index in [1.54, 1.807) is 67.8 Å². The molecule has 9 nitrogen and oxygen atoms in total. The highest BCUT2D eigenvalue weighted by molar-refractivity contribution is 5.97. The number of amides is 1. The van der Waals surface area contributed by atoms with Gasteiger partial charge in [-0.1, -0.05) is 12.1 Å². The van der Waals surface area contributed by atoms with Crippen LogP contribution in [0.5, 0.6) is 0 Å². The summed E-state index contributed by atoms with van der Waals surface area (Å²) < 4.78 is 5.79. The number of aromatic amines is 1. The first-order valence-corrected chi connectivity index (χ1v) is 10.5. The number of aromatic nitrogens is 3. The molecule has 2 aromatic heterocycles. The van der Waals surface area contributed by atoms with Crippen molar-refractivity contribution in [2.75, 3.05) is 7.11 Å². The van der Waals surface area contributed by atoms with Crippen LogP contribution in [0.15, 0.2) is 76.6 Å². The highest BCUT2D eigenvalue weighted by Crippen LogP contribution is 2.17. The molecular weight excluding hydrogens is 436 g/mol. The second-order valence-electron chi connectivity index (χ2n) is 7.69. The molecule has 2 aromatic carbocycles. The summed E-state index contributed by atoms with van der Waals surface area (Å²) in [5.74, 6) is -0.822. The van der Waals surface area contributed by atoms with Crippen molar-refractivity contribution in [3.63, 3.8) is 0 Å². The van der Waals surface area contributed by atoms with Gasteiger partial charge in [-0.05, 0) is 60.5 Å². The molecule has 34 heavy (non-hydrogen) atoms. The molecule has 1 atom stereocenters. The first-order valence-electron chi connectivity index (χ1n) is 10.5. The first-order chi connectivity index (χ1) is 16.4. The number of methoxy groups -OCH3 is 1. The third-order valence-electron chi connectivity index (χ3n) is 5.60. The van der Waals surface area contributed by atoms with E-state index in [0.717, 1.165) is 10.1 Å². The van der Waals surface area contributed by atoms with E-state index in [4.69, 9.17) is 4.74 Å². The molecule has 0 saturated heterocycles. The highest BCUT2D eigenvalue weighted by Gasteiger charge is 2.17. The van der Waals surface area contributed by atoms with E-state index in [2.05, 4.69) is 15.3 Å². The Morgan fingerprint density at radius 3 is 2.38 bits per heavy atom. The van der Waals surface area contributed by atoms with Crippen LogP contribution in [0.4, 0.5) is 0 Å². The zero-order chi connectivity index (χ0) is 24.2. The lowest BCUT2D eigenvalue weighted by Gasteiger charge is -2.16. The van der Waals surface area contributed by atoms with Gasteiger partial charge in [-0.2, -0.15) is 0 Å². The number of benzene rings is 2. The van der Waals surface area contributed by atoms with Crippen molar-refractivity contribution in [1.29, 1.82) is 0 Å². The van der Waals surface area contributed by atoms with Gasteiger partial charge >= 0.3 is 11.7 Å². The van der Waals surface area contributed by atoms with Gasteiger partial charge in [0.25, 0.3) is 11.5 Å². The molecule has 0 radical (unpaired) electrons. The minimum atomic E-state index is -0.614. The van der Waals surface area contributed by atoms with Gasteiger partial charge in [0.2, 0.25) is 0 Å². The lowest BCUT2D eigenvalue weighted by molar-refractivity contribution is 0.0600. The lowest BCUT2D eigenvalue weighted by Crippen LogP contribution is -2.37. The van der Waals surface area contributed by atoms with Crippen molar-refractivity contribution in [2.45, 2.75) is 19.5 Å². The summed E-state index contributed by atoms with van der Waals surface area (Å²) in [6, 6.07) is 14.0. The van der Waals surface area contributed by atoms with E-state index in [1.807, 2.05) is 0 Å². The van der Waals surface area contributed by atoms with Gasteiger partial charge < -0.3 is 15.0 Å². The van der Waals surface area contributed by atoms with Crippen LogP contribution in [-0.2, 0) is 11.3 Å². The topological polar surface area (TPSA) is 123 Å². The number of carbonyl (C=O) groups is 2. The second-order valence-corrected chi connectivity index (χ2v) is 7.69. The Morgan fingerprint density at radius 1 is 1.03 bits per heavy atom. The Balaban J connectivity index is 1.65. The van der Waals surface area contributed by atoms with Crippen molar-refractivity contribution >= 4 is 22.8 Å². The monoisotopic (exact) mass is 458 g/mol. The number of hydrogen-bond acceptors (Lipinski definition) is 6. The summed E-state index contributed by atoms with van der Waals surface area (Å²) in [7, 11) is 1.29. The number of carbonyl (C=O) groups excluding carboxylic acids is 2. The normalized spacial score (nSPS) is 11.7. The minimum Gasteiger partial charge on any atom is -0.465 e. The fraction of sp³-hybridized carbons (Fsp3) is 0.160. The number of rotatable bonds is 6. The van der Waals surface area contributed by atoms with Gasteiger partial charge in [0.1, 0.15) is 0 Å². The van der Waals surface area contributed by atoms with Crippen molar-refractivity contribution in [2.24, 2.45) is 0 Å². The number of ether oxygens (including phenoxy) is 1. The number of nitrogens with one attached hydrogen (secondary N) is 2. The van der Waals surface area contributed by atoms with Crippen molar-refractivity contribution in [3.8, 4) is 0 Å². The standard InChI is InChI=1S/C25H22N4O5/c1-15(17-3-5-18(6-4-17)24(32)34-2)29-23(31)20-13-19(7-8-21(20)28-25(29)33)22(30)27-14-16-9-11-26-12-10-16/h3-13,15H,14H2,1-2H3,(H,27,30)(H,28,33). The summed E-state index contributed by atoms with van der Waals surface area (Å²) in [6.45, 7) is 2.02. The third kappa shape index (κ3) is 4.49. The molecule has 2 N–H and O–H groups in total. The number of H-pyrrole nitrogens is 1. The number of fused-ring (bicyclic) bond motifs is 1. The SMILES string of the molecule is COC(=O)c1ccc(C(C)n2c(=O)[nH]c3ccc(C(=O)NCc4ccncc4)cc3c2=O)cc1. The molecular formula is C25H22N4O5. The zero-order valence-corrected chi connectivity index (χ0v) is 18.6. The van der Waals surface area contributed by atoms with Crippen molar-refractivity contribution in [3.05, 3.63) is 110 Å². The van der Waals surface area contributed by atoms with E-state index in [-0.39, 0.29) is 11.3 Å². The maximum absolute atomic E-state index is 13.3. The number of esters is 1. The highest BCUT2D eigenvalue weighted by atomic mass is 16.5. The molecule has 1 amide bonds. The van der Waals surface area contributed by atoms with E-state index in [0.29, 0.717) is 28.8 Å². The Bertz CT molecular complexity index is 1470. The molecule has 1 unspecified atom stereocenters. The fourth-order valence-corrected chi connectivity index (χ4v) is 3.67. The van der Waals surface area contributed by atoms with Crippen LogP contribution < -0.4 is 16.6 Å². The smallest absolute Gasteiger partial charge is 0.337 e. The van der Waals surface area contributed by atoms with E-state index < -0.39 is 23.3 Å². The minimum absolute atomic E-state index is 0.217. The van der Waals surface area contributed by atoms with Crippen LogP contribution in [0.1, 0.15) is 44.8 Å². The van der Waals surface area contributed by atoms with Crippen LogP contribution in [-0.4, -0.2) is 33.5 Å². The second kappa shape index (κ2) is 9.53. The molecule has 0 saturated carbocycles. The molecule has 0 aliphatic rings. The molecule has 4 aromatic rings. The summed E-state index contributed by atoms with van der Waals surface area (Å²) in [4.78, 5) is 56.9. The molecule has 0 fully saturated rings. The first kappa shape index (κ1) is 22.7. The summed E-state index contributed by atoms with van der Waals surface area (Å²) >= 11 is 0. The van der Waals surface area contributed by atoms with E-state index in [9.17, 15) is 19.2 Å². The number of nitrogens with zero attached hydrogens (tertiary/aromatic N) is 2. The van der Waals surface area contributed by atoms with Gasteiger partial charge in [0.15, 0.2) is 0 Å². The molecule has 0 aliphatic carbocycles. The average molecular weight is 458 g/mol. The van der Waals surface area contributed by atoms with Gasteiger partial charge in [0.05, 0.1) is 29.6 Å². The molecule has 0 spiro atoms. The molecule has 4 rings (SSSR count). The quantitative estimate of drug-likeness (QED) is 0.428. The molecule has 9 heteroatoms. The molecule has 0 aliphatic heterocycles. The van der Waals surface area contributed by atoms with E-state index in [1.165, 1.54) is 13.2 Å². The zero-order valence-electron chi connectivity index (χ0n) is 18.6. The summed E-state index contributed by atoms with van der Waals surface area (Å²) in [5.41, 5.74) is 1.45. The fourth-order valence-electron chi connectivity index (χ4n) is 3.67. The van der Waals surface area contributed by atoms with Crippen molar-refractivity contribution < 1.29 is 14.3 Å². The lowest BCUT2D eigenvalue weighted by atomic mass is 10.1. The average Bonchev–Trinajstić information content (AvgIpc) is 2.87. The van der Waals surface area contributed by atoms with Crippen LogP contribution in [0.25, 0.3) is 10.9 Å². The maximum Gasteiger partial charge on any atom is 0.337 e. The molecule has 172 valence electrons. The number of pyridine rings is 1. The maximum atomic E-state index is 13.3. The largest absolute Gasteiger partial charge is 0.465 e. The van der Waals surface area contributed by atoms with Gasteiger partial charge in [-0.25, -0.2) is 9.59 Å². The van der Waals surface area contributed by atoms with Gasteiger partial charge in [-0.15, -0.1) is 0 Å². The summed E-state index contributed by atoms with van der Waals surface area (Å²) in [6.07, 6.45) is 3.28. The Labute approximate surface area is 194 Å². The Morgan fingerprint density at radius 2 is 1.71 bits per heavy atom. The number of hydrogen-bond donors (Lipinski definition) is 2. The van der Waals surface area contributed by atoms with Crippen molar-refractivity contribution in [1.82, 2.24) is 19.9 Å². The van der Waals surface area contributed by atoms with E-state index >= 15 is 0 Å². The summed E-state index contributed by atoms with van der Waals surface area (Å²) in [5, 5.41) is 3.02. The van der Waals surface area contributed by atoms with Crippen LogP contribution in [0.2, 0.25) is 0 Å².